The minimum Gasteiger partial charge on any atom is -0.491 e. The molecule has 1 aromatic carbocycles. The van der Waals surface area contributed by atoms with Gasteiger partial charge in [-0.3, -0.25) is 4.79 Å². The molecule has 1 heterocycles. The topological polar surface area (TPSA) is 84.6 Å². The number of nitrogens with zero attached hydrogens (tertiary/aromatic N) is 1. The number of ether oxygens (including phenoxy) is 1. The van der Waals surface area contributed by atoms with Crippen LogP contribution in [0.1, 0.15) is 36.0 Å². The summed E-state index contributed by atoms with van der Waals surface area (Å²) in [6, 6.07) is 8.50. The first-order chi connectivity index (χ1) is 10.1. The van der Waals surface area contributed by atoms with Crippen molar-refractivity contribution >= 4 is 11.6 Å². The lowest BCUT2D eigenvalue weighted by Crippen LogP contribution is -2.12. The van der Waals surface area contributed by atoms with Gasteiger partial charge in [0.25, 0.3) is 5.91 Å². The lowest BCUT2D eigenvalue weighted by Gasteiger charge is -2.06. The molecule has 0 fully saturated rings. The average molecular weight is 290 g/mol. The number of nitrogens with one attached hydrogen (secondary N) is 1. The molecule has 0 saturated carbocycles. The Labute approximate surface area is 122 Å². The molecule has 0 atom stereocenters. The summed E-state index contributed by atoms with van der Waals surface area (Å²) in [4.78, 5) is 12.0. The lowest BCUT2D eigenvalue weighted by atomic mass is 10.1. The Kier molecular flexibility index (Phi) is 4.94. The van der Waals surface area contributed by atoms with E-state index in [1.165, 1.54) is 0 Å². The van der Waals surface area contributed by atoms with Crippen LogP contribution < -0.4 is 10.1 Å². The number of hydrogen-bond donors (Lipinski definition) is 2. The minimum absolute atomic E-state index is 0.0389. The Morgan fingerprint density at radius 3 is 2.67 bits per heavy atom. The number of aliphatic hydroxyl groups excluding tert-OH is 1. The molecular weight excluding hydrogens is 272 g/mol. The molecule has 6 heteroatoms. The number of anilines is 1. The summed E-state index contributed by atoms with van der Waals surface area (Å²) in [6.07, 6.45) is 0. The van der Waals surface area contributed by atoms with Crippen molar-refractivity contribution in [1.29, 1.82) is 0 Å². The number of carbonyl (C=O) groups excluding carboxylic acids is 1. The second kappa shape index (κ2) is 6.90. The molecule has 0 aliphatic carbocycles. The van der Waals surface area contributed by atoms with Gasteiger partial charge in [-0.2, -0.15) is 0 Å². The maximum absolute atomic E-state index is 12.0. The van der Waals surface area contributed by atoms with Crippen LogP contribution in [0, 0.1) is 0 Å². The highest BCUT2D eigenvalue weighted by atomic mass is 16.5. The Balaban J connectivity index is 1.98. The van der Waals surface area contributed by atoms with Crippen molar-refractivity contribution in [2.24, 2.45) is 0 Å². The number of carbonyl (C=O) groups is 1. The number of rotatable bonds is 6. The predicted molar refractivity (Wildman–Crippen MR) is 77.6 cm³/mol. The van der Waals surface area contributed by atoms with E-state index < -0.39 is 0 Å². The third-order valence-electron chi connectivity index (χ3n) is 2.80. The Bertz CT molecular complexity index is 590. The highest BCUT2D eigenvalue weighted by Crippen LogP contribution is 2.18. The molecule has 2 rings (SSSR count). The van der Waals surface area contributed by atoms with Gasteiger partial charge in [0.05, 0.1) is 6.61 Å². The second-order valence-electron chi connectivity index (χ2n) is 4.82. The minimum atomic E-state index is -0.324. The van der Waals surface area contributed by atoms with E-state index in [1.807, 2.05) is 13.8 Å². The van der Waals surface area contributed by atoms with Crippen LogP contribution in [0.15, 0.2) is 34.9 Å². The molecule has 0 radical (unpaired) electrons. The summed E-state index contributed by atoms with van der Waals surface area (Å²) in [5.41, 5.74) is 0.879. The first-order valence-corrected chi connectivity index (χ1v) is 6.72. The van der Waals surface area contributed by atoms with Crippen LogP contribution in [0.25, 0.3) is 0 Å². The molecule has 0 unspecified atom stereocenters. The Morgan fingerprint density at radius 1 is 1.38 bits per heavy atom. The van der Waals surface area contributed by atoms with Crippen LogP contribution in [-0.4, -0.2) is 29.4 Å². The maximum atomic E-state index is 12.0. The summed E-state index contributed by atoms with van der Waals surface area (Å²) in [5.74, 6) is 1.16. The molecule has 1 aromatic heterocycles. The largest absolute Gasteiger partial charge is 0.491 e. The van der Waals surface area contributed by atoms with Gasteiger partial charge in [-0.25, -0.2) is 0 Å². The Hall–Kier alpha value is -2.34. The molecule has 0 spiro atoms. The maximum Gasteiger partial charge on any atom is 0.277 e. The zero-order valence-electron chi connectivity index (χ0n) is 12.0. The number of benzene rings is 1. The van der Waals surface area contributed by atoms with Crippen LogP contribution in [0.5, 0.6) is 5.75 Å². The van der Waals surface area contributed by atoms with Gasteiger partial charge in [-0.05, 0) is 24.3 Å². The molecule has 6 nitrogen and oxygen atoms in total. The zero-order valence-corrected chi connectivity index (χ0v) is 12.0. The van der Waals surface area contributed by atoms with Crippen molar-refractivity contribution in [3.8, 4) is 5.75 Å². The summed E-state index contributed by atoms with van der Waals surface area (Å²) in [5, 5.41) is 15.1. The number of amides is 1. The van der Waals surface area contributed by atoms with Crippen LogP contribution in [0.2, 0.25) is 0 Å². The van der Waals surface area contributed by atoms with Gasteiger partial charge < -0.3 is 19.7 Å². The van der Waals surface area contributed by atoms with Crippen molar-refractivity contribution < 1.29 is 19.2 Å². The van der Waals surface area contributed by atoms with Crippen LogP contribution >= 0.6 is 0 Å². The highest BCUT2D eigenvalue weighted by molar-refractivity contribution is 6.02. The summed E-state index contributed by atoms with van der Waals surface area (Å²) < 4.78 is 10.3. The highest BCUT2D eigenvalue weighted by Gasteiger charge is 2.14. The SMILES string of the molecule is CC(C)c1cc(C(=O)Nc2ccc(OCCO)cc2)no1. The summed E-state index contributed by atoms with van der Waals surface area (Å²) in [6.45, 7) is 4.13. The van der Waals surface area contributed by atoms with Gasteiger partial charge in [-0.1, -0.05) is 19.0 Å². The van der Waals surface area contributed by atoms with E-state index in [2.05, 4.69) is 10.5 Å². The third kappa shape index (κ3) is 4.06. The monoisotopic (exact) mass is 290 g/mol. The smallest absolute Gasteiger partial charge is 0.277 e. The predicted octanol–water partition coefficient (Wildman–Crippen LogP) is 2.42. The van der Waals surface area contributed by atoms with Crippen molar-refractivity contribution in [2.45, 2.75) is 19.8 Å². The first kappa shape index (κ1) is 15.1. The van der Waals surface area contributed by atoms with Crippen LogP contribution in [0.4, 0.5) is 5.69 Å². The van der Waals surface area contributed by atoms with E-state index in [4.69, 9.17) is 14.4 Å². The van der Waals surface area contributed by atoms with Gasteiger partial charge in [0.1, 0.15) is 18.1 Å². The second-order valence-corrected chi connectivity index (χ2v) is 4.82. The van der Waals surface area contributed by atoms with Crippen molar-refractivity contribution in [3.63, 3.8) is 0 Å². The van der Waals surface area contributed by atoms with E-state index in [-0.39, 0.29) is 30.7 Å². The van der Waals surface area contributed by atoms with Gasteiger partial charge in [-0.15, -0.1) is 0 Å². The Morgan fingerprint density at radius 2 is 2.10 bits per heavy atom. The first-order valence-electron chi connectivity index (χ1n) is 6.72. The van der Waals surface area contributed by atoms with Crippen molar-refractivity contribution in [3.05, 3.63) is 41.8 Å². The standard InChI is InChI=1S/C15H18N2O4/c1-10(2)14-9-13(17-21-14)15(19)16-11-3-5-12(6-4-11)20-8-7-18/h3-6,9-10,18H,7-8H2,1-2H3,(H,16,19). The fraction of sp³-hybridized carbons (Fsp3) is 0.333. The molecule has 0 aliphatic rings. The fourth-order valence-electron chi connectivity index (χ4n) is 1.66. The number of hydrogen-bond acceptors (Lipinski definition) is 5. The molecule has 2 N–H and O–H groups in total. The number of aliphatic hydroxyl groups is 1. The molecule has 0 bridgehead atoms. The van der Waals surface area contributed by atoms with Gasteiger partial charge in [0, 0.05) is 17.7 Å². The van der Waals surface area contributed by atoms with Crippen molar-refractivity contribution in [2.75, 3.05) is 18.5 Å². The zero-order chi connectivity index (χ0) is 15.2. The van der Waals surface area contributed by atoms with E-state index >= 15 is 0 Å². The number of aromatic nitrogens is 1. The molecule has 112 valence electrons. The lowest BCUT2D eigenvalue weighted by molar-refractivity contribution is 0.101. The van der Waals surface area contributed by atoms with E-state index in [0.29, 0.717) is 17.2 Å². The normalized spacial score (nSPS) is 10.7. The van der Waals surface area contributed by atoms with E-state index in [0.717, 1.165) is 0 Å². The van der Waals surface area contributed by atoms with Crippen LogP contribution in [-0.2, 0) is 0 Å². The average Bonchev–Trinajstić information content (AvgIpc) is 2.97. The van der Waals surface area contributed by atoms with E-state index in [9.17, 15) is 4.79 Å². The van der Waals surface area contributed by atoms with E-state index in [1.54, 1.807) is 30.3 Å². The van der Waals surface area contributed by atoms with Gasteiger partial charge >= 0.3 is 0 Å². The van der Waals surface area contributed by atoms with Crippen LogP contribution in [0.3, 0.4) is 0 Å². The molecule has 2 aromatic rings. The summed E-state index contributed by atoms with van der Waals surface area (Å²) in [7, 11) is 0. The fourth-order valence-corrected chi connectivity index (χ4v) is 1.66. The quantitative estimate of drug-likeness (QED) is 0.853. The summed E-state index contributed by atoms with van der Waals surface area (Å²) >= 11 is 0. The molecule has 0 aliphatic heterocycles. The van der Waals surface area contributed by atoms with Gasteiger partial charge in [0.2, 0.25) is 0 Å². The van der Waals surface area contributed by atoms with Gasteiger partial charge in [0.15, 0.2) is 5.69 Å². The molecule has 1 amide bonds. The van der Waals surface area contributed by atoms with Crippen molar-refractivity contribution in [1.82, 2.24) is 5.16 Å². The third-order valence-corrected chi connectivity index (χ3v) is 2.80. The molecular formula is C15H18N2O4. The molecule has 21 heavy (non-hydrogen) atoms. The molecule has 0 saturated heterocycles.